The SMILES string of the molecule is CN(Cc1cccc(F)c1Br)CC1CC(Br)C1. The second kappa shape index (κ2) is 5.81. The van der Waals surface area contributed by atoms with Crippen LogP contribution < -0.4 is 0 Å². The van der Waals surface area contributed by atoms with Crippen LogP contribution in [0, 0.1) is 11.7 Å². The third-order valence-corrected chi connectivity index (χ3v) is 4.86. The zero-order valence-electron chi connectivity index (χ0n) is 9.80. The molecule has 1 nitrogen and oxygen atoms in total. The molecule has 0 bridgehead atoms. The average molecular weight is 365 g/mol. The molecule has 1 aromatic rings. The molecule has 4 heteroatoms. The van der Waals surface area contributed by atoms with Gasteiger partial charge in [0.25, 0.3) is 0 Å². The third kappa shape index (κ3) is 3.52. The predicted molar refractivity (Wildman–Crippen MR) is 75.9 cm³/mol. The fourth-order valence-corrected chi connectivity index (χ4v) is 3.72. The van der Waals surface area contributed by atoms with Gasteiger partial charge in [-0.05, 0) is 53.4 Å². The normalized spacial score (nSPS) is 23.8. The molecule has 0 saturated heterocycles. The number of hydrogen-bond donors (Lipinski definition) is 0. The van der Waals surface area contributed by atoms with Crippen molar-refractivity contribution < 1.29 is 4.39 Å². The fraction of sp³-hybridized carbons (Fsp3) is 0.538. The second-order valence-electron chi connectivity index (χ2n) is 4.84. The molecule has 0 N–H and O–H groups in total. The Morgan fingerprint density at radius 3 is 2.76 bits per heavy atom. The Hall–Kier alpha value is 0.0700. The minimum Gasteiger partial charge on any atom is -0.302 e. The number of hydrogen-bond acceptors (Lipinski definition) is 1. The summed E-state index contributed by atoms with van der Waals surface area (Å²) in [6.45, 7) is 1.88. The summed E-state index contributed by atoms with van der Waals surface area (Å²) in [6.07, 6.45) is 2.52. The van der Waals surface area contributed by atoms with Crippen molar-refractivity contribution in [3.63, 3.8) is 0 Å². The number of benzene rings is 1. The highest BCUT2D eigenvalue weighted by Crippen LogP contribution is 2.34. The maximum Gasteiger partial charge on any atom is 0.137 e. The first-order valence-corrected chi connectivity index (χ1v) is 7.52. The van der Waals surface area contributed by atoms with E-state index in [9.17, 15) is 4.39 Å². The van der Waals surface area contributed by atoms with Crippen molar-refractivity contribution in [3.8, 4) is 0 Å². The van der Waals surface area contributed by atoms with E-state index in [1.54, 1.807) is 6.07 Å². The van der Waals surface area contributed by atoms with Gasteiger partial charge in [-0.3, -0.25) is 0 Å². The van der Waals surface area contributed by atoms with Gasteiger partial charge in [0, 0.05) is 17.9 Å². The molecule has 1 aromatic carbocycles. The Labute approximate surface area is 119 Å². The molecular weight excluding hydrogens is 349 g/mol. The highest BCUT2D eigenvalue weighted by molar-refractivity contribution is 9.10. The van der Waals surface area contributed by atoms with E-state index in [1.807, 2.05) is 6.07 Å². The molecule has 1 aliphatic rings. The minimum absolute atomic E-state index is 0.180. The molecule has 1 saturated carbocycles. The summed E-state index contributed by atoms with van der Waals surface area (Å²) in [4.78, 5) is 2.98. The Morgan fingerprint density at radius 1 is 1.41 bits per heavy atom. The number of rotatable bonds is 4. The van der Waals surface area contributed by atoms with Crippen LogP contribution in [-0.2, 0) is 6.54 Å². The molecule has 0 atom stereocenters. The highest BCUT2D eigenvalue weighted by atomic mass is 79.9. The summed E-state index contributed by atoms with van der Waals surface area (Å²) < 4.78 is 13.9. The van der Waals surface area contributed by atoms with Gasteiger partial charge in [-0.1, -0.05) is 28.1 Å². The van der Waals surface area contributed by atoms with Gasteiger partial charge in [0.2, 0.25) is 0 Å². The summed E-state index contributed by atoms with van der Waals surface area (Å²) in [5, 5.41) is 0. The van der Waals surface area contributed by atoms with Crippen molar-refractivity contribution in [3.05, 3.63) is 34.1 Å². The third-order valence-electron chi connectivity index (χ3n) is 3.22. The lowest BCUT2D eigenvalue weighted by Gasteiger charge is -2.34. The van der Waals surface area contributed by atoms with Crippen LogP contribution >= 0.6 is 31.9 Å². The highest BCUT2D eigenvalue weighted by Gasteiger charge is 2.27. The number of nitrogens with zero attached hydrogens (tertiary/aromatic N) is 1. The van der Waals surface area contributed by atoms with E-state index in [1.165, 1.54) is 18.9 Å². The van der Waals surface area contributed by atoms with Gasteiger partial charge in [0.15, 0.2) is 0 Å². The second-order valence-corrected chi connectivity index (χ2v) is 6.93. The summed E-state index contributed by atoms with van der Waals surface area (Å²) >= 11 is 6.91. The van der Waals surface area contributed by atoms with Gasteiger partial charge in [0.05, 0.1) is 4.47 Å². The van der Waals surface area contributed by atoms with Crippen LogP contribution in [0.4, 0.5) is 4.39 Å². The number of alkyl halides is 1. The average Bonchev–Trinajstić information content (AvgIpc) is 2.23. The molecule has 0 radical (unpaired) electrons. The molecule has 17 heavy (non-hydrogen) atoms. The molecule has 0 amide bonds. The quantitative estimate of drug-likeness (QED) is 0.724. The lowest BCUT2D eigenvalue weighted by atomic mass is 9.85. The van der Waals surface area contributed by atoms with Crippen LogP contribution in [0.25, 0.3) is 0 Å². The Balaban J connectivity index is 1.89. The smallest absolute Gasteiger partial charge is 0.137 e. The van der Waals surface area contributed by atoms with Crippen LogP contribution in [-0.4, -0.2) is 23.3 Å². The number of halogens is 3. The van der Waals surface area contributed by atoms with Crippen molar-refractivity contribution in [2.75, 3.05) is 13.6 Å². The molecule has 0 heterocycles. The first-order valence-electron chi connectivity index (χ1n) is 5.81. The van der Waals surface area contributed by atoms with E-state index < -0.39 is 0 Å². The van der Waals surface area contributed by atoms with Crippen LogP contribution in [0.2, 0.25) is 0 Å². The van der Waals surface area contributed by atoms with Gasteiger partial charge in [-0.2, -0.15) is 0 Å². The Kier molecular flexibility index (Phi) is 4.61. The van der Waals surface area contributed by atoms with Gasteiger partial charge < -0.3 is 4.90 Å². The molecule has 1 aliphatic carbocycles. The zero-order valence-corrected chi connectivity index (χ0v) is 13.0. The van der Waals surface area contributed by atoms with E-state index in [4.69, 9.17) is 0 Å². The van der Waals surface area contributed by atoms with Crippen LogP contribution in [0.3, 0.4) is 0 Å². The van der Waals surface area contributed by atoms with E-state index in [0.29, 0.717) is 9.30 Å². The van der Waals surface area contributed by atoms with E-state index in [0.717, 1.165) is 24.6 Å². The largest absolute Gasteiger partial charge is 0.302 e. The maximum absolute atomic E-state index is 13.3. The first kappa shape index (κ1) is 13.5. The van der Waals surface area contributed by atoms with Crippen molar-refractivity contribution in [1.82, 2.24) is 4.90 Å². The Morgan fingerprint density at radius 2 is 2.12 bits per heavy atom. The van der Waals surface area contributed by atoms with Crippen molar-refractivity contribution >= 4 is 31.9 Å². The van der Waals surface area contributed by atoms with Crippen LogP contribution in [0.15, 0.2) is 22.7 Å². The van der Waals surface area contributed by atoms with Crippen molar-refractivity contribution in [2.45, 2.75) is 24.2 Å². The zero-order chi connectivity index (χ0) is 12.4. The predicted octanol–water partition coefficient (Wildman–Crippen LogP) is 4.19. The van der Waals surface area contributed by atoms with Gasteiger partial charge >= 0.3 is 0 Å². The Bertz CT molecular complexity index is 391. The van der Waals surface area contributed by atoms with Crippen LogP contribution in [0.5, 0.6) is 0 Å². The van der Waals surface area contributed by atoms with Gasteiger partial charge in [-0.25, -0.2) is 4.39 Å². The molecular formula is C13H16Br2FN. The monoisotopic (exact) mass is 363 g/mol. The summed E-state index contributed by atoms with van der Waals surface area (Å²) in [5.74, 6) is 0.608. The fourth-order valence-electron chi connectivity index (χ4n) is 2.27. The van der Waals surface area contributed by atoms with Gasteiger partial charge in [-0.15, -0.1) is 0 Å². The molecule has 1 fully saturated rings. The lowest BCUT2D eigenvalue weighted by molar-refractivity contribution is 0.208. The standard InChI is InChI=1S/C13H16Br2FN/c1-17(7-9-5-11(14)6-9)8-10-3-2-4-12(16)13(10)15/h2-4,9,11H,5-8H2,1H3. The molecule has 0 spiro atoms. The van der Waals surface area contributed by atoms with Crippen LogP contribution in [0.1, 0.15) is 18.4 Å². The van der Waals surface area contributed by atoms with E-state index in [2.05, 4.69) is 43.8 Å². The summed E-state index contributed by atoms with van der Waals surface area (Å²) in [6, 6.07) is 5.22. The topological polar surface area (TPSA) is 3.24 Å². The van der Waals surface area contributed by atoms with Gasteiger partial charge in [0.1, 0.15) is 5.82 Å². The molecule has 0 unspecified atom stereocenters. The molecule has 2 rings (SSSR count). The lowest BCUT2D eigenvalue weighted by Crippen LogP contribution is -2.34. The van der Waals surface area contributed by atoms with Crippen molar-refractivity contribution in [2.24, 2.45) is 5.92 Å². The maximum atomic E-state index is 13.3. The van der Waals surface area contributed by atoms with E-state index in [-0.39, 0.29) is 5.82 Å². The molecule has 0 aliphatic heterocycles. The summed E-state index contributed by atoms with van der Waals surface area (Å²) in [7, 11) is 2.10. The van der Waals surface area contributed by atoms with Crippen molar-refractivity contribution in [1.29, 1.82) is 0 Å². The van der Waals surface area contributed by atoms with E-state index >= 15 is 0 Å². The first-order chi connectivity index (χ1) is 8.06. The molecule has 94 valence electrons. The summed E-state index contributed by atoms with van der Waals surface area (Å²) in [5.41, 5.74) is 1.02. The molecule has 0 aromatic heterocycles. The minimum atomic E-state index is -0.180.